The van der Waals surface area contributed by atoms with Gasteiger partial charge in [-0.2, -0.15) is 4.98 Å². The van der Waals surface area contributed by atoms with Gasteiger partial charge in [-0.1, -0.05) is 5.16 Å². The summed E-state index contributed by atoms with van der Waals surface area (Å²) in [6.07, 6.45) is 0.927. The van der Waals surface area contributed by atoms with E-state index in [2.05, 4.69) is 10.1 Å². The second kappa shape index (κ2) is 5.26. The van der Waals surface area contributed by atoms with E-state index >= 15 is 0 Å². The highest BCUT2D eigenvalue weighted by Crippen LogP contribution is 2.17. The highest BCUT2D eigenvalue weighted by atomic mass is 32.2. The van der Waals surface area contributed by atoms with E-state index in [0.717, 1.165) is 6.26 Å². The first-order chi connectivity index (χ1) is 7.84. The molecule has 0 aliphatic carbocycles. The molecule has 0 saturated heterocycles. The molecule has 0 aliphatic rings. The van der Waals surface area contributed by atoms with E-state index in [1.54, 1.807) is 6.92 Å². The third-order valence-corrected chi connectivity index (χ3v) is 3.59. The minimum absolute atomic E-state index is 0.0480. The van der Waals surface area contributed by atoms with Gasteiger partial charge in [0.25, 0.3) is 0 Å². The molecule has 0 aromatic carbocycles. The maximum absolute atomic E-state index is 11.3. The first kappa shape index (κ1) is 13.6. The molecule has 0 fully saturated rings. The Labute approximate surface area is 99.1 Å². The number of carbonyl (C=O) groups excluding carboxylic acids is 1. The molecule has 96 valence electrons. The van der Waals surface area contributed by atoms with Gasteiger partial charge in [0.2, 0.25) is 5.89 Å². The second-order valence-corrected chi connectivity index (χ2v) is 5.87. The Hall–Kier alpha value is -1.44. The predicted molar refractivity (Wildman–Crippen MR) is 57.9 cm³/mol. The molecule has 17 heavy (non-hydrogen) atoms. The molecular formula is C9H14N2O5S. The monoisotopic (exact) mass is 262 g/mol. The number of esters is 1. The lowest BCUT2D eigenvalue weighted by Crippen LogP contribution is -2.10. The average molecular weight is 262 g/mol. The Kier molecular flexibility index (Phi) is 4.22. The van der Waals surface area contributed by atoms with Gasteiger partial charge < -0.3 is 9.26 Å². The Morgan fingerprint density at radius 2 is 2.18 bits per heavy atom. The number of ether oxygens (including phenoxy) is 1. The normalized spacial score (nSPS) is 13.4. The summed E-state index contributed by atoms with van der Waals surface area (Å²) in [5.41, 5.74) is 0. The fourth-order valence-corrected chi connectivity index (χ4v) is 1.51. The molecule has 1 atom stereocenters. The van der Waals surface area contributed by atoms with Gasteiger partial charge in [0, 0.05) is 6.26 Å². The van der Waals surface area contributed by atoms with Crippen molar-refractivity contribution in [2.45, 2.75) is 25.5 Å². The lowest BCUT2D eigenvalue weighted by Gasteiger charge is -2.01. The first-order valence-electron chi connectivity index (χ1n) is 5.01. The molecule has 0 amide bonds. The Balaban J connectivity index is 2.75. The molecule has 0 aliphatic heterocycles. The van der Waals surface area contributed by atoms with E-state index in [4.69, 9.17) is 9.26 Å². The maximum atomic E-state index is 11.3. The summed E-state index contributed by atoms with van der Waals surface area (Å²) >= 11 is 0. The molecule has 1 aromatic heterocycles. The fourth-order valence-electron chi connectivity index (χ4n) is 1.03. The van der Waals surface area contributed by atoms with Gasteiger partial charge in [-0.3, -0.25) is 4.79 Å². The zero-order chi connectivity index (χ0) is 13.1. The van der Waals surface area contributed by atoms with Crippen molar-refractivity contribution >= 4 is 15.8 Å². The summed E-state index contributed by atoms with van der Waals surface area (Å²) in [5, 5.41) is 2.66. The van der Waals surface area contributed by atoms with Gasteiger partial charge in [0.15, 0.2) is 15.7 Å². The molecule has 0 spiro atoms. The van der Waals surface area contributed by atoms with Crippen LogP contribution in [-0.4, -0.2) is 37.4 Å². The summed E-state index contributed by atoms with van der Waals surface area (Å²) in [6.45, 7) is 3.40. The van der Waals surface area contributed by atoms with E-state index in [-0.39, 0.29) is 24.7 Å². The van der Waals surface area contributed by atoms with Crippen molar-refractivity contribution in [1.29, 1.82) is 0 Å². The van der Waals surface area contributed by atoms with Crippen LogP contribution in [0.1, 0.15) is 30.8 Å². The molecule has 8 heteroatoms. The van der Waals surface area contributed by atoms with Gasteiger partial charge in [0.1, 0.15) is 11.7 Å². The van der Waals surface area contributed by atoms with Gasteiger partial charge in [0.05, 0.1) is 6.61 Å². The number of sulfone groups is 1. The van der Waals surface area contributed by atoms with Crippen LogP contribution in [0.25, 0.3) is 0 Å². The van der Waals surface area contributed by atoms with E-state index in [1.807, 2.05) is 0 Å². The van der Waals surface area contributed by atoms with Crippen LogP contribution in [0.3, 0.4) is 0 Å². The van der Waals surface area contributed by atoms with Gasteiger partial charge in [-0.25, -0.2) is 8.42 Å². The van der Waals surface area contributed by atoms with Crippen LogP contribution < -0.4 is 0 Å². The minimum Gasteiger partial charge on any atom is -0.466 e. The van der Waals surface area contributed by atoms with Gasteiger partial charge >= 0.3 is 5.97 Å². The SMILES string of the molecule is CCOC(=O)Cc1nc(C(C)S(C)(=O)=O)no1. The van der Waals surface area contributed by atoms with Crippen molar-refractivity contribution in [3.8, 4) is 0 Å². The lowest BCUT2D eigenvalue weighted by atomic mass is 10.4. The van der Waals surface area contributed by atoms with Gasteiger partial charge in [-0.05, 0) is 13.8 Å². The number of carbonyl (C=O) groups is 1. The van der Waals surface area contributed by atoms with E-state index in [9.17, 15) is 13.2 Å². The fraction of sp³-hybridized carbons (Fsp3) is 0.667. The number of hydrogen-bond acceptors (Lipinski definition) is 7. The summed E-state index contributed by atoms with van der Waals surface area (Å²) in [5.74, 6) is -0.393. The van der Waals surface area contributed by atoms with Crippen molar-refractivity contribution in [1.82, 2.24) is 10.1 Å². The topological polar surface area (TPSA) is 99.4 Å². The van der Waals surface area contributed by atoms with Crippen LogP contribution in [0.4, 0.5) is 0 Å². The lowest BCUT2D eigenvalue weighted by molar-refractivity contribution is -0.142. The molecule has 7 nitrogen and oxygen atoms in total. The largest absolute Gasteiger partial charge is 0.466 e. The standard InChI is InChI=1S/C9H14N2O5S/c1-4-15-8(12)5-7-10-9(11-16-7)6(2)17(3,13)14/h6H,4-5H2,1-3H3. The number of hydrogen-bond donors (Lipinski definition) is 0. The van der Waals surface area contributed by atoms with Crippen LogP contribution >= 0.6 is 0 Å². The van der Waals surface area contributed by atoms with E-state index in [1.165, 1.54) is 6.92 Å². The molecule has 0 radical (unpaired) electrons. The summed E-state index contributed by atoms with van der Waals surface area (Å²) in [7, 11) is -3.28. The van der Waals surface area contributed by atoms with Crippen LogP contribution in [0.2, 0.25) is 0 Å². The number of rotatable bonds is 5. The molecule has 1 aromatic rings. The third kappa shape index (κ3) is 3.81. The molecule has 0 N–H and O–H groups in total. The Morgan fingerprint density at radius 3 is 2.71 bits per heavy atom. The smallest absolute Gasteiger partial charge is 0.315 e. The molecule has 1 unspecified atom stereocenters. The van der Waals surface area contributed by atoms with E-state index < -0.39 is 21.1 Å². The van der Waals surface area contributed by atoms with Crippen molar-refractivity contribution in [2.24, 2.45) is 0 Å². The van der Waals surface area contributed by atoms with Crippen LogP contribution in [0.5, 0.6) is 0 Å². The molecule has 1 heterocycles. The summed E-state index contributed by atoms with van der Waals surface area (Å²) in [4.78, 5) is 15.0. The average Bonchev–Trinajstić information content (AvgIpc) is 2.63. The van der Waals surface area contributed by atoms with Crippen LogP contribution in [-0.2, 0) is 25.8 Å². The minimum atomic E-state index is -3.28. The molecule has 1 rings (SSSR count). The first-order valence-corrected chi connectivity index (χ1v) is 6.97. The number of aromatic nitrogens is 2. The Bertz CT molecular complexity index is 493. The zero-order valence-corrected chi connectivity index (χ0v) is 10.7. The maximum Gasteiger partial charge on any atom is 0.315 e. The van der Waals surface area contributed by atoms with Crippen molar-refractivity contribution < 1.29 is 22.5 Å². The highest BCUT2D eigenvalue weighted by Gasteiger charge is 2.23. The molecular weight excluding hydrogens is 248 g/mol. The summed E-state index contributed by atoms with van der Waals surface area (Å²) in [6, 6.07) is 0. The second-order valence-electron chi connectivity index (χ2n) is 3.50. The van der Waals surface area contributed by atoms with Crippen LogP contribution in [0.15, 0.2) is 4.52 Å². The van der Waals surface area contributed by atoms with E-state index in [0.29, 0.717) is 0 Å². The number of nitrogens with zero attached hydrogens (tertiary/aromatic N) is 2. The predicted octanol–water partition coefficient (Wildman–Crippen LogP) is 0.281. The van der Waals surface area contributed by atoms with Crippen molar-refractivity contribution in [2.75, 3.05) is 12.9 Å². The third-order valence-electron chi connectivity index (χ3n) is 2.09. The Morgan fingerprint density at radius 1 is 1.53 bits per heavy atom. The highest BCUT2D eigenvalue weighted by molar-refractivity contribution is 7.90. The quantitative estimate of drug-likeness (QED) is 0.702. The van der Waals surface area contributed by atoms with Crippen molar-refractivity contribution in [3.63, 3.8) is 0 Å². The molecule has 0 saturated carbocycles. The molecule has 0 bridgehead atoms. The van der Waals surface area contributed by atoms with Crippen molar-refractivity contribution in [3.05, 3.63) is 11.7 Å². The zero-order valence-electron chi connectivity index (χ0n) is 9.84. The summed E-state index contributed by atoms with van der Waals surface area (Å²) < 4.78 is 32.0. The van der Waals surface area contributed by atoms with Crippen LogP contribution in [0, 0.1) is 0 Å². The van der Waals surface area contributed by atoms with Gasteiger partial charge in [-0.15, -0.1) is 0 Å².